The quantitative estimate of drug-likeness (QED) is 0.771. The largest absolute Gasteiger partial charge is 0.378 e. The van der Waals surface area contributed by atoms with Crippen molar-refractivity contribution in [3.8, 4) is 0 Å². The van der Waals surface area contributed by atoms with Gasteiger partial charge in [-0.2, -0.15) is 0 Å². The van der Waals surface area contributed by atoms with Gasteiger partial charge >= 0.3 is 0 Å². The normalized spacial score (nSPS) is 10.6. The van der Waals surface area contributed by atoms with Gasteiger partial charge in [0.25, 0.3) is 5.91 Å². The highest BCUT2D eigenvalue weighted by Gasteiger charge is 2.12. The first-order chi connectivity index (χ1) is 10.1. The number of hydrogen-bond donors (Lipinski definition) is 2. The Hall–Kier alpha value is -2.75. The topological polar surface area (TPSA) is 48.1 Å². The van der Waals surface area contributed by atoms with E-state index in [2.05, 4.69) is 10.3 Å². The van der Waals surface area contributed by atoms with Crippen molar-refractivity contribution in [3.05, 3.63) is 60.3 Å². The van der Waals surface area contributed by atoms with E-state index in [0.717, 1.165) is 22.3 Å². The third kappa shape index (κ3) is 2.60. The Balaban J connectivity index is 1.88. The summed E-state index contributed by atoms with van der Waals surface area (Å²) in [7, 11) is 3.95. The molecule has 0 unspecified atom stereocenters. The number of aromatic amines is 1. The molecular weight excluding hydrogens is 262 g/mol. The zero-order valence-corrected chi connectivity index (χ0v) is 12.1. The molecule has 0 aliphatic rings. The lowest BCUT2D eigenvalue weighted by molar-refractivity contribution is 0.102. The molecule has 2 N–H and O–H groups in total. The average molecular weight is 279 g/mol. The molecule has 106 valence electrons. The zero-order chi connectivity index (χ0) is 14.8. The van der Waals surface area contributed by atoms with Crippen LogP contribution in [0.5, 0.6) is 0 Å². The molecule has 0 aliphatic heterocycles. The van der Waals surface area contributed by atoms with Crippen LogP contribution in [0, 0.1) is 0 Å². The van der Waals surface area contributed by atoms with Crippen LogP contribution in [0.4, 0.5) is 11.4 Å². The summed E-state index contributed by atoms with van der Waals surface area (Å²) >= 11 is 0. The molecule has 21 heavy (non-hydrogen) atoms. The maximum atomic E-state index is 12.4. The lowest BCUT2D eigenvalue weighted by atomic mass is 10.1. The third-order valence-corrected chi connectivity index (χ3v) is 3.45. The van der Waals surface area contributed by atoms with E-state index in [0.29, 0.717) is 5.56 Å². The van der Waals surface area contributed by atoms with E-state index in [1.165, 1.54) is 0 Å². The minimum absolute atomic E-state index is 0.108. The Morgan fingerprint density at radius 3 is 2.71 bits per heavy atom. The van der Waals surface area contributed by atoms with Crippen molar-refractivity contribution in [2.24, 2.45) is 0 Å². The highest BCUT2D eigenvalue weighted by Crippen LogP contribution is 2.21. The van der Waals surface area contributed by atoms with Gasteiger partial charge in [0.1, 0.15) is 0 Å². The van der Waals surface area contributed by atoms with Crippen LogP contribution in [-0.2, 0) is 0 Å². The van der Waals surface area contributed by atoms with Crippen molar-refractivity contribution >= 4 is 28.2 Å². The summed E-state index contributed by atoms with van der Waals surface area (Å²) in [5, 5.41) is 3.88. The number of nitrogens with zero attached hydrogens (tertiary/aromatic N) is 1. The van der Waals surface area contributed by atoms with Crippen molar-refractivity contribution < 1.29 is 4.79 Å². The minimum atomic E-state index is -0.108. The van der Waals surface area contributed by atoms with Crippen molar-refractivity contribution in [2.75, 3.05) is 24.3 Å². The third-order valence-electron chi connectivity index (χ3n) is 3.45. The Bertz CT molecular complexity index is 789. The molecule has 1 aromatic heterocycles. The van der Waals surface area contributed by atoms with Gasteiger partial charge in [0.15, 0.2) is 0 Å². The number of benzene rings is 2. The molecule has 0 aliphatic carbocycles. The number of carbonyl (C=O) groups is 1. The minimum Gasteiger partial charge on any atom is -0.378 e. The summed E-state index contributed by atoms with van der Waals surface area (Å²) in [4.78, 5) is 17.5. The number of rotatable bonds is 3. The van der Waals surface area contributed by atoms with E-state index in [1.54, 1.807) is 6.20 Å². The molecule has 0 atom stereocenters. The van der Waals surface area contributed by atoms with Gasteiger partial charge in [-0.25, -0.2) is 0 Å². The number of nitrogens with one attached hydrogen (secondary N) is 2. The van der Waals surface area contributed by atoms with E-state index >= 15 is 0 Å². The van der Waals surface area contributed by atoms with Gasteiger partial charge in [-0.1, -0.05) is 24.3 Å². The van der Waals surface area contributed by atoms with Crippen molar-refractivity contribution in [3.63, 3.8) is 0 Å². The van der Waals surface area contributed by atoms with Crippen molar-refractivity contribution in [1.82, 2.24) is 4.98 Å². The average Bonchev–Trinajstić information content (AvgIpc) is 2.91. The second kappa shape index (κ2) is 5.32. The molecule has 1 heterocycles. The van der Waals surface area contributed by atoms with Crippen LogP contribution >= 0.6 is 0 Å². The smallest absolute Gasteiger partial charge is 0.257 e. The van der Waals surface area contributed by atoms with Gasteiger partial charge < -0.3 is 15.2 Å². The summed E-state index contributed by atoms with van der Waals surface area (Å²) in [6, 6.07) is 15.5. The number of amides is 1. The highest BCUT2D eigenvalue weighted by atomic mass is 16.1. The van der Waals surface area contributed by atoms with Crippen LogP contribution in [0.15, 0.2) is 54.7 Å². The lowest BCUT2D eigenvalue weighted by Crippen LogP contribution is -2.13. The molecule has 0 spiro atoms. The number of H-pyrrole nitrogens is 1. The second-order valence-electron chi connectivity index (χ2n) is 5.15. The molecule has 4 heteroatoms. The first kappa shape index (κ1) is 13.2. The van der Waals surface area contributed by atoms with Gasteiger partial charge in [-0.15, -0.1) is 0 Å². The summed E-state index contributed by atoms with van der Waals surface area (Å²) in [6.45, 7) is 0. The molecule has 0 saturated heterocycles. The van der Waals surface area contributed by atoms with Crippen molar-refractivity contribution in [1.29, 1.82) is 0 Å². The van der Waals surface area contributed by atoms with Crippen LogP contribution < -0.4 is 10.2 Å². The molecule has 2 aromatic carbocycles. The Morgan fingerprint density at radius 1 is 1.10 bits per heavy atom. The summed E-state index contributed by atoms with van der Waals surface area (Å²) in [5.74, 6) is -0.108. The fourth-order valence-electron chi connectivity index (χ4n) is 2.32. The van der Waals surface area contributed by atoms with E-state index < -0.39 is 0 Å². The first-order valence-electron chi connectivity index (χ1n) is 6.80. The Morgan fingerprint density at radius 2 is 1.90 bits per heavy atom. The number of para-hydroxylation sites is 1. The SMILES string of the molecule is CN(C)c1cccc(NC(=O)c2c[nH]c3ccccc23)c1. The fraction of sp³-hybridized carbons (Fsp3) is 0.118. The van der Waals surface area contributed by atoms with Gasteiger partial charge in [0, 0.05) is 42.6 Å². The van der Waals surface area contributed by atoms with Gasteiger partial charge in [-0.3, -0.25) is 4.79 Å². The Kier molecular flexibility index (Phi) is 3.36. The molecule has 4 nitrogen and oxygen atoms in total. The highest BCUT2D eigenvalue weighted by molar-refractivity contribution is 6.12. The monoisotopic (exact) mass is 279 g/mol. The number of carbonyl (C=O) groups excluding carboxylic acids is 1. The predicted molar refractivity (Wildman–Crippen MR) is 87.0 cm³/mol. The molecule has 0 bridgehead atoms. The van der Waals surface area contributed by atoms with E-state index in [9.17, 15) is 4.79 Å². The number of anilines is 2. The maximum absolute atomic E-state index is 12.4. The molecule has 3 aromatic rings. The van der Waals surface area contributed by atoms with Crippen molar-refractivity contribution in [2.45, 2.75) is 0 Å². The van der Waals surface area contributed by atoms with Crippen LogP contribution in [0.3, 0.4) is 0 Å². The van der Waals surface area contributed by atoms with Gasteiger partial charge in [0.2, 0.25) is 0 Å². The van der Waals surface area contributed by atoms with E-state index in [1.807, 2.05) is 67.5 Å². The predicted octanol–water partition coefficient (Wildman–Crippen LogP) is 3.49. The van der Waals surface area contributed by atoms with Crippen LogP contribution in [-0.4, -0.2) is 25.0 Å². The first-order valence-corrected chi connectivity index (χ1v) is 6.80. The lowest BCUT2D eigenvalue weighted by Gasteiger charge is -2.13. The molecule has 0 radical (unpaired) electrons. The standard InChI is InChI=1S/C17H17N3O/c1-20(2)13-7-5-6-12(10-13)19-17(21)15-11-18-16-9-4-3-8-14(15)16/h3-11,18H,1-2H3,(H,19,21). The molecule has 0 fully saturated rings. The fourth-order valence-corrected chi connectivity index (χ4v) is 2.32. The summed E-state index contributed by atoms with van der Waals surface area (Å²) in [6.07, 6.45) is 1.75. The van der Waals surface area contributed by atoms with Crippen LogP contribution in [0.25, 0.3) is 10.9 Å². The maximum Gasteiger partial charge on any atom is 0.257 e. The molecule has 1 amide bonds. The number of aromatic nitrogens is 1. The second-order valence-corrected chi connectivity index (χ2v) is 5.15. The summed E-state index contributed by atoms with van der Waals surface area (Å²) in [5.41, 5.74) is 3.45. The van der Waals surface area contributed by atoms with E-state index in [4.69, 9.17) is 0 Å². The van der Waals surface area contributed by atoms with Crippen LogP contribution in [0.1, 0.15) is 10.4 Å². The van der Waals surface area contributed by atoms with E-state index in [-0.39, 0.29) is 5.91 Å². The van der Waals surface area contributed by atoms with Gasteiger partial charge in [0.05, 0.1) is 5.56 Å². The molecular formula is C17H17N3O. The number of hydrogen-bond acceptors (Lipinski definition) is 2. The summed E-state index contributed by atoms with van der Waals surface area (Å²) < 4.78 is 0. The molecule has 0 saturated carbocycles. The van der Waals surface area contributed by atoms with Crippen LogP contribution in [0.2, 0.25) is 0 Å². The Labute approximate surface area is 123 Å². The zero-order valence-electron chi connectivity index (χ0n) is 12.1. The molecule has 3 rings (SSSR count). The number of fused-ring (bicyclic) bond motifs is 1. The van der Waals surface area contributed by atoms with Gasteiger partial charge in [-0.05, 0) is 24.3 Å².